The minimum absolute atomic E-state index is 0.0518. The number of halogens is 2. The Kier molecular flexibility index (Phi) is 5.65. The molecule has 0 bridgehead atoms. The van der Waals surface area contributed by atoms with Gasteiger partial charge in [-0.15, -0.1) is 0 Å². The molecule has 1 aromatic heterocycles. The first-order chi connectivity index (χ1) is 12.5. The van der Waals surface area contributed by atoms with Crippen molar-refractivity contribution in [3.8, 4) is 11.3 Å². The molecule has 0 aliphatic heterocycles. The fourth-order valence-corrected chi connectivity index (χ4v) is 2.76. The number of amides is 1. The van der Waals surface area contributed by atoms with E-state index in [1.54, 1.807) is 18.2 Å². The van der Waals surface area contributed by atoms with Crippen molar-refractivity contribution >= 4 is 35.0 Å². The van der Waals surface area contributed by atoms with Gasteiger partial charge in [-0.25, -0.2) is 4.79 Å². The van der Waals surface area contributed by atoms with E-state index in [0.717, 1.165) is 16.8 Å². The van der Waals surface area contributed by atoms with Crippen LogP contribution in [0, 0.1) is 0 Å². The highest BCUT2D eigenvalue weighted by Crippen LogP contribution is 2.24. The lowest BCUT2D eigenvalue weighted by molar-refractivity contribution is 0.137. The minimum atomic E-state index is -0.862. The molecule has 0 spiro atoms. The van der Waals surface area contributed by atoms with E-state index >= 15 is 0 Å². The van der Waals surface area contributed by atoms with E-state index in [2.05, 4.69) is 15.2 Å². The minimum Gasteiger partial charge on any atom is -0.441 e. The van der Waals surface area contributed by atoms with Crippen molar-refractivity contribution in [3.63, 3.8) is 0 Å². The number of hydrogen-bond donors (Lipinski definition) is 2. The molecule has 0 saturated carbocycles. The Hall–Kier alpha value is -2.70. The molecular formula is C18H15Cl2N3O3. The number of rotatable bonds is 6. The smallest absolute Gasteiger partial charge is 0.404 e. The van der Waals surface area contributed by atoms with Crippen LogP contribution in [0.15, 0.2) is 53.1 Å². The van der Waals surface area contributed by atoms with Crippen molar-refractivity contribution in [2.75, 3.05) is 5.32 Å². The lowest BCUT2D eigenvalue weighted by Crippen LogP contribution is -2.12. The number of nitrogens with one attached hydrogen (secondary N) is 1. The number of nitrogens with zero attached hydrogens (tertiary/aromatic N) is 1. The molecule has 3 rings (SSSR count). The van der Waals surface area contributed by atoms with Crippen LogP contribution >= 0.6 is 23.2 Å². The Labute approximate surface area is 159 Å². The maximum absolute atomic E-state index is 10.6. The zero-order valence-electron chi connectivity index (χ0n) is 13.5. The van der Waals surface area contributed by atoms with E-state index in [4.69, 9.17) is 33.5 Å². The summed E-state index contributed by atoms with van der Waals surface area (Å²) in [5.74, 6) is 0.415. The summed E-state index contributed by atoms with van der Waals surface area (Å²) in [5, 5.41) is 8.47. The zero-order valence-corrected chi connectivity index (χ0v) is 15.1. The molecule has 6 nitrogen and oxygen atoms in total. The fourth-order valence-electron chi connectivity index (χ4n) is 2.28. The highest BCUT2D eigenvalue weighted by molar-refractivity contribution is 6.35. The van der Waals surface area contributed by atoms with Gasteiger partial charge in [0.05, 0.1) is 0 Å². The van der Waals surface area contributed by atoms with Crippen LogP contribution in [0.1, 0.15) is 11.3 Å². The monoisotopic (exact) mass is 391 g/mol. The van der Waals surface area contributed by atoms with Gasteiger partial charge in [0.25, 0.3) is 0 Å². The first-order valence-electron chi connectivity index (χ1n) is 7.67. The third kappa shape index (κ3) is 4.68. The van der Waals surface area contributed by atoms with Gasteiger partial charge in [0.1, 0.15) is 5.69 Å². The predicted octanol–water partition coefficient (Wildman–Crippen LogP) is 4.86. The lowest BCUT2D eigenvalue weighted by atomic mass is 10.1. The molecule has 3 aromatic rings. The Morgan fingerprint density at radius 1 is 1.15 bits per heavy atom. The molecule has 0 unspecified atom stereocenters. The summed E-state index contributed by atoms with van der Waals surface area (Å²) in [7, 11) is 0. The molecule has 26 heavy (non-hydrogen) atoms. The van der Waals surface area contributed by atoms with Gasteiger partial charge in [-0.3, -0.25) is 0 Å². The van der Waals surface area contributed by atoms with Gasteiger partial charge in [0.2, 0.25) is 0 Å². The number of benzene rings is 2. The van der Waals surface area contributed by atoms with Gasteiger partial charge >= 0.3 is 6.09 Å². The van der Waals surface area contributed by atoms with E-state index in [9.17, 15) is 4.79 Å². The van der Waals surface area contributed by atoms with Crippen molar-refractivity contribution in [3.05, 3.63) is 69.9 Å². The molecule has 134 valence electrons. The second kappa shape index (κ2) is 8.12. The number of nitrogens with two attached hydrogens (primary N) is 1. The molecule has 0 saturated heterocycles. The van der Waals surface area contributed by atoms with Crippen LogP contribution in [-0.4, -0.2) is 11.2 Å². The summed E-state index contributed by atoms with van der Waals surface area (Å²) in [6.45, 7) is 0.526. The fraction of sp³-hybridized carbons (Fsp3) is 0.111. The topological polar surface area (TPSA) is 90.4 Å². The number of aromatic nitrogens is 1. The average molecular weight is 392 g/mol. The van der Waals surface area contributed by atoms with Crippen molar-refractivity contribution in [2.24, 2.45) is 5.73 Å². The van der Waals surface area contributed by atoms with E-state index in [-0.39, 0.29) is 6.61 Å². The molecule has 0 aliphatic rings. The van der Waals surface area contributed by atoms with Crippen molar-refractivity contribution in [1.82, 2.24) is 5.16 Å². The second-order valence-electron chi connectivity index (χ2n) is 5.45. The highest BCUT2D eigenvalue weighted by atomic mass is 35.5. The predicted molar refractivity (Wildman–Crippen MR) is 100 cm³/mol. The van der Waals surface area contributed by atoms with Crippen LogP contribution in [0.5, 0.6) is 0 Å². The summed E-state index contributed by atoms with van der Waals surface area (Å²) in [6, 6.07) is 14.8. The molecular weight excluding hydrogens is 377 g/mol. The first kappa shape index (κ1) is 18.1. The summed E-state index contributed by atoms with van der Waals surface area (Å²) in [4.78, 5) is 10.6. The summed E-state index contributed by atoms with van der Waals surface area (Å²) in [6.07, 6.45) is -0.862. The first-order valence-corrected chi connectivity index (χ1v) is 8.43. The molecule has 0 atom stereocenters. The van der Waals surface area contributed by atoms with Crippen LogP contribution in [0.4, 0.5) is 10.5 Å². The lowest BCUT2D eigenvalue weighted by Gasteiger charge is -2.09. The SMILES string of the molecule is NC(=O)OCc1cc(-c2ccc(NCc3ccc(Cl)cc3Cl)cc2)no1. The highest BCUT2D eigenvalue weighted by Gasteiger charge is 2.08. The molecule has 8 heteroatoms. The summed E-state index contributed by atoms with van der Waals surface area (Å²) >= 11 is 12.1. The van der Waals surface area contributed by atoms with Gasteiger partial charge in [-0.2, -0.15) is 0 Å². The van der Waals surface area contributed by atoms with Crippen LogP contribution < -0.4 is 11.1 Å². The van der Waals surface area contributed by atoms with Crippen LogP contribution in [0.2, 0.25) is 10.0 Å². The molecule has 0 aliphatic carbocycles. The molecule has 1 amide bonds. The molecule has 2 aromatic carbocycles. The Morgan fingerprint density at radius 2 is 1.92 bits per heavy atom. The normalized spacial score (nSPS) is 10.5. The van der Waals surface area contributed by atoms with Crippen molar-refractivity contribution in [2.45, 2.75) is 13.2 Å². The number of hydrogen-bond acceptors (Lipinski definition) is 5. The van der Waals surface area contributed by atoms with Crippen LogP contribution in [0.25, 0.3) is 11.3 Å². The Morgan fingerprint density at radius 3 is 2.62 bits per heavy atom. The third-order valence-corrected chi connectivity index (χ3v) is 4.18. The zero-order chi connectivity index (χ0) is 18.5. The maximum Gasteiger partial charge on any atom is 0.404 e. The standard InChI is InChI=1S/C18H15Cl2N3O3/c19-13-4-1-12(16(20)7-13)9-22-14-5-2-11(3-6-14)17-8-15(26-23-17)10-25-18(21)24/h1-8,22H,9-10H2,(H2,21,24). The van der Waals surface area contributed by atoms with Gasteiger partial charge in [-0.1, -0.05) is 46.6 Å². The number of anilines is 1. The van der Waals surface area contributed by atoms with E-state index in [0.29, 0.717) is 28.0 Å². The van der Waals surface area contributed by atoms with Gasteiger partial charge < -0.3 is 20.3 Å². The van der Waals surface area contributed by atoms with E-state index in [1.165, 1.54) is 0 Å². The molecule has 3 N–H and O–H groups in total. The maximum atomic E-state index is 10.6. The number of carbonyl (C=O) groups is 1. The molecule has 1 heterocycles. The number of ether oxygens (including phenoxy) is 1. The van der Waals surface area contributed by atoms with Gasteiger partial charge in [0, 0.05) is 33.9 Å². The van der Waals surface area contributed by atoms with Crippen molar-refractivity contribution < 1.29 is 14.1 Å². The van der Waals surface area contributed by atoms with Crippen molar-refractivity contribution in [1.29, 1.82) is 0 Å². The van der Waals surface area contributed by atoms with Gasteiger partial charge in [-0.05, 0) is 29.8 Å². The van der Waals surface area contributed by atoms with E-state index in [1.807, 2.05) is 30.3 Å². The second-order valence-corrected chi connectivity index (χ2v) is 6.30. The summed E-state index contributed by atoms with van der Waals surface area (Å²) < 4.78 is 9.77. The number of primary amides is 1. The van der Waals surface area contributed by atoms with Crippen LogP contribution in [0.3, 0.4) is 0 Å². The summed E-state index contributed by atoms with van der Waals surface area (Å²) in [5.41, 5.74) is 8.31. The Bertz CT molecular complexity index is 910. The molecule has 0 fully saturated rings. The largest absolute Gasteiger partial charge is 0.441 e. The van der Waals surface area contributed by atoms with E-state index < -0.39 is 6.09 Å². The number of carbonyl (C=O) groups excluding carboxylic acids is 1. The Balaban J connectivity index is 1.62. The molecule has 0 radical (unpaired) electrons. The quantitative estimate of drug-likeness (QED) is 0.626. The van der Waals surface area contributed by atoms with Crippen LogP contribution in [-0.2, 0) is 17.9 Å². The van der Waals surface area contributed by atoms with Gasteiger partial charge in [0.15, 0.2) is 12.4 Å². The average Bonchev–Trinajstić information content (AvgIpc) is 3.09. The third-order valence-electron chi connectivity index (χ3n) is 3.59.